The highest BCUT2D eigenvalue weighted by Crippen LogP contribution is 2.25. The molecule has 1 aromatic heterocycles. The SMILES string of the molecule is CCCNc1ncc(Cl)c(NC2CCCCCC2O)n1. The average molecular weight is 299 g/mol. The second-order valence-corrected chi connectivity index (χ2v) is 5.68. The molecule has 112 valence electrons. The molecule has 3 N–H and O–H groups in total. The highest BCUT2D eigenvalue weighted by atomic mass is 35.5. The molecule has 1 fully saturated rings. The van der Waals surface area contributed by atoms with Crippen molar-refractivity contribution in [2.75, 3.05) is 17.2 Å². The molecule has 0 saturated heterocycles. The fourth-order valence-corrected chi connectivity index (χ4v) is 2.57. The van der Waals surface area contributed by atoms with E-state index in [1.54, 1.807) is 6.20 Å². The number of hydrogen-bond acceptors (Lipinski definition) is 5. The van der Waals surface area contributed by atoms with E-state index in [0.717, 1.165) is 38.6 Å². The number of rotatable bonds is 5. The molecule has 0 radical (unpaired) electrons. The molecule has 0 aliphatic heterocycles. The van der Waals surface area contributed by atoms with Crippen LogP contribution in [0.5, 0.6) is 0 Å². The van der Waals surface area contributed by atoms with E-state index in [9.17, 15) is 5.11 Å². The molecule has 1 aliphatic rings. The Morgan fingerprint density at radius 1 is 1.35 bits per heavy atom. The van der Waals surface area contributed by atoms with E-state index in [0.29, 0.717) is 16.8 Å². The number of halogens is 1. The molecule has 2 unspecified atom stereocenters. The van der Waals surface area contributed by atoms with E-state index in [2.05, 4.69) is 27.5 Å². The number of hydrogen-bond donors (Lipinski definition) is 3. The largest absolute Gasteiger partial charge is 0.391 e. The molecule has 0 spiro atoms. The van der Waals surface area contributed by atoms with Crippen molar-refractivity contribution >= 4 is 23.4 Å². The third kappa shape index (κ3) is 4.21. The first-order valence-electron chi connectivity index (χ1n) is 7.41. The maximum absolute atomic E-state index is 10.1. The number of anilines is 2. The van der Waals surface area contributed by atoms with Crippen LogP contribution in [0.1, 0.15) is 45.4 Å². The molecule has 1 saturated carbocycles. The van der Waals surface area contributed by atoms with Crippen molar-refractivity contribution in [1.82, 2.24) is 9.97 Å². The number of aliphatic hydroxyl groups excluding tert-OH is 1. The molecule has 1 aromatic rings. The zero-order chi connectivity index (χ0) is 14.4. The van der Waals surface area contributed by atoms with E-state index in [1.165, 1.54) is 6.42 Å². The summed E-state index contributed by atoms with van der Waals surface area (Å²) in [6.45, 7) is 2.91. The van der Waals surface area contributed by atoms with Crippen molar-refractivity contribution < 1.29 is 5.11 Å². The van der Waals surface area contributed by atoms with Gasteiger partial charge in [-0.1, -0.05) is 37.8 Å². The summed E-state index contributed by atoms with van der Waals surface area (Å²) in [5, 5.41) is 17.1. The van der Waals surface area contributed by atoms with Gasteiger partial charge in [0, 0.05) is 6.54 Å². The fraction of sp³-hybridized carbons (Fsp3) is 0.714. The standard InChI is InChI=1S/C14H23ClN4O/c1-2-8-16-14-17-9-10(15)13(19-14)18-11-6-4-3-5-7-12(11)20/h9,11-12,20H,2-8H2,1H3,(H2,16,17,18,19). The first-order valence-corrected chi connectivity index (χ1v) is 7.79. The van der Waals surface area contributed by atoms with Crippen molar-refractivity contribution in [2.45, 2.75) is 57.6 Å². The summed E-state index contributed by atoms with van der Waals surface area (Å²) in [5.74, 6) is 1.17. The van der Waals surface area contributed by atoms with Gasteiger partial charge < -0.3 is 15.7 Å². The van der Waals surface area contributed by atoms with Crippen LogP contribution in [0.2, 0.25) is 5.02 Å². The number of nitrogens with zero attached hydrogens (tertiary/aromatic N) is 2. The minimum atomic E-state index is -0.337. The normalized spacial score (nSPS) is 23.1. The molecule has 0 bridgehead atoms. The second-order valence-electron chi connectivity index (χ2n) is 5.27. The van der Waals surface area contributed by atoms with Crippen LogP contribution in [-0.2, 0) is 0 Å². The summed E-state index contributed by atoms with van der Waals surface area (Å²) in [6, 6.07) is 0.0175. The van der Waals surface area contributed by atoms with Crippen LogP contribution in [-0.4, -0.2) is 33.8 Å². The van der Waals surface area contributed by atoms with Crippen molar-refractivity contribution in [1.29, 1.82) is 0 Å². The Hall–Kier alpha value is -1.07. The second kappa shape index (κ2) is 7.64. The van der Waals surface area contributed by atoms with Crippen molar-refractivity contribution in [3.8, 4) is 0 Å². The number of aromatic nitrogens is 2. The molecule has 0 aromatic carbocycles. The lowest BCUT2D eigenvalue weighted by molar-refractivity contribution is 0.144. The van der Waals surface area contributed by atoms with E-state index < -0.39 is 0 Å². The van der Waals surface area contributed by atoms with E-state index >= 15 is 0 Å². The molecular formula is C14H23ClN4O. The van der Waals surface area contributed by atoms with Crippen LogP contribution >= 0.6 is 11.6 Å². The fourth-order valence-electron chi connectivity index (χ4n) is 2.42. The predicted octanol–water partition coefficient (Wildman–Crippen LogP) is 3.06. The van der Waals surface area contributed by atoms with Gasteiger partial charge in [-0.25, -0.2) is 4.98 Å². The van der Waals surface area contributed by atoms with Crippen molar-refractivity contribution in [2.24, 2.45) is 0 Å². The summed E-state index contributed by atoms with van der Waals surface area (Å²) >= 11 is 6.14. The first kappa shape index (κ1) is 15.3. The number of aliphatic hydroxyl groups is 1. The molecule has 6 heteroatoms. The van der Waals surface area contributed by atoms with Gasteiger partial charge in [-0.05, 0) is 19.3 Å². The summed E-state index contributed by atoms with van der Waals surface area (Å²) in [7, 11) is 0. The predicted molar refractivity (Wildman–Crippen MR) is 82.3 cm³/mol. The molecular weight excluding hydrogens is 276 g/mol. The minimum Gasteiger partial charge on any atom is -0.391 e. The van der Waals surface area contributed by atoms with Gasteiger partial charge in [0.25, 0.3) is 0 Å². The van der Waals surface area contributed by atoms with Gasteiger partial charge in [-0.3, -0.25) is 0 Å². The lowest BCUT2D eigenvalue weighted by Gasteiger charge is -2.23. The smallest absolute Gasteiger partial charge is 0.224 e. The summed E-state index contributed by atoms with van der Waals surface area (Å²) < 4.78 is 0. The molecule has 0 amide bonds. The highest BCUT2D eigenvalue weighted by Gasteiger charge is 2.22. The van der Waals surface area contributed by atoms with Crippen LogP contribution in [0.3, 0.4) is 0 Å². The van der Waals surface area contributed by atoms with Gasteiger partial charge in [0.05, 0.1) is 18.3 Å². The Morgan fingerprint density at radius 2 is 2.15 bits per heavy atom. The maximum Gasteiger partial charge on any atom is 0.224 e. The van der Waals surface area contributed by atoms with E-state index in [1.807, 2.05) is 0 Å². The van der Waals surface area contributed by atoms with Gasteiger partial charge in [0.1, 0.15) is 5.02 Å². The van der Waals surface area contributed by atoms with Crippen LogP contribution in [0.25, 0.3) is 0 Å². The Bertz CT molecular complexity index is 430. The molecule has 2 atom stereocenters. The van der Waals surface area contributed by atoms with Crippen LogP contribution in [0.4, 0.5) is 11.8 Å². The Kier molecular flexibility index (Phi) is 5.86. The van der Waals surface area contributed by atoms with Gasteiger partial charge in [-0.15, -0.1) is 0 Å². The van der Waals surface area contributed by atoms with Crippen LogP contribution < -0.4 is 10.6 Å². The van der Waals surface area contributed by atoms with E-state index in [4.69, 9.17) is 11.6 Å². The molecule has 1 heterocycles. The monoisotopic (exact) mass is 298 g/mol. The molecule has 20 heavy (non-hydrogen) atoms. The zero-order valence-electron chi connectivity index (χ0n) is 11.9. The molecule has 2 rings (SSSR count). The number of nitrogens with one attached hydrogen (secondary N) is 2. The maximum atomic E-state index is 10.1. The third-order valence-electron chi connectivity index (χ3n) is 3.58. The van der Waals surface area contributed by atoms with Crippen molar-refractivity contribution in [3.63, 3.8) is 0 Å². The lowest BCUT2D eigenvalue weighted by atomic mass is 10.1. The topological polar surface area (TPSA) is 70.1 Å². The zero-order valence-corrected chi connectivity index (χ0v) is 12.7. The lowest BCUT2D eigenvalue weighted by Crippen LogP contribution is -2.33. The third-order valence-corrected chi connectivity index (χ3v) is 3.86. The average Bonchev–Trinajstić information content (AvgIpc) is 2.65. The van der Waals surface area contributed by atoms with Crippen molar-refractivity contribution in [3.05, 3.63) is 11.2 Å². The quantitative estimate of drug-likeness (QED) is 0.729. The van der Waals surface area contributed by atoms with Crippen LogP contribution in [0.15, 0.2) is 6.20 Å². The summed E-state index contributed by atoms with van der Waals surface area (Å²) in [5.41, 5.74) is 0. The van der Waals surface area contributed by atoms with Gasteiger partial charge in [0.15, 0.2) is 5.82 Å². The Labute approximate surface area is 125 Å². The van der Waals surface area contributed by atoms with Crippen LogP contribution in [0, 0.1) is 0 Å². The van der Waals surface area contributed by atoms with Gasteiger partial charge in [-0.2, -0.15) is 4.98 Å². The molecule has 1 aliphatic carbocycles. The van der Waals surface area contributed by atoms with Gasteiger partial charge in [0.2, 0.25) is 5.95 Å². The minimum absolute atomic E-state index is 0.0175. The van der Waals surface area contributed by atoms with E-state index in [-0.39, 0.29) is 12.1 Å². The summed E-state index contributed by atoms with van der Waals surface area (Å²) in [4.78, 5) is 8.54. The van der Waals surface area contributed by atoms with Gasteiger partial charge >= 0.3 is 0 Å². The Morgan fingerprint density at radius 3 is 2.95 bits per heavy atom. The molecule has 5 nitrogen and oxygen atoms in total. The summed E-state index contributed by atoms with van der Waals surface area (Å²) in [6.07, 6.45) is 7.43. The highest BCUT2D eigenvalue weighted by molar-refractivity contribution is 6.32. The Balaban J connectivity index is 2.06. The first-order chi connectivity index (χ1) is 9.70.